The van der Waals surface area contributed by atoms with E-state index in [9.17, 15) is 4.79 Å². The monoisotopic (exact) mass is 324 g/mol. The van der Waals surface area contributed by atoms with Gasteiger partial charge in [0.15, 0.2) is 0 Å². The number of anilines is 1. The third-order valence-electron chi connectivity index (χ3n) is 4.69. The van der Waals surface area contributed by atoms with E-state index in [4.69, 9.17) is 9.57 Å². The van der Waals surface area contributed by atoms with Crippen molar-refractivity contribution in [2.75, 3.05) is 31.1 Å². The second-order valence-electron chi connectivity index (χ2n) is 6.10. The zero-order valence-electron chi connectivity index (χ0n) is 12.4. The fraction of sp³-hybridized carbons (Fsp3) is 0.786. The van der Waals surface area contributed by atoms with Crippen LogP contribution in [0.25, 0.3) is 0 Å². The first-order valence-corrected chi connectivity index (χ1v) is 8.80. The lowest BCUT2D eigenvalue weighted by atomic mass is 9.92. The second kappa shape index (κ2) is 6.10. The number of hydrogen-bond donors (Lipinski definition) is 0. The first-order chi connectivity index (χ1) is 10.8. The fourth-order valence-electron chi connectivity index (χ4n) is 3.50. The van der Waals surface area contributed by atoms with Gasteiger partial charge in [-0.15, -0.1) is 10.2 Å². The highest BCUT2D eigenvalue weighted by Crippen LogP contribution is 2.36. The number of nitrogens with zero attached hydrogens (tertiary/aromatic N) is 4. The molecule has 0 saturated carbocycles. The summed E-state index contributed by atoms with van der Waals surface area (Å²) in [6.45, 7) is 3.08. The van der Waals surface area contributed by atoms with Crippen LogP contribution < -0.4 is 4.90 Å². The standard InChI is InChI=1S/C14H20N4O3S/c19-13(18-4-1-2-6-20-18)11-7-10-3-5-17(8-12(10)21-11)14-16-15-9-22-14/h9-12H,1-8H2/t10-,11+,12+/m1/s1. The van der Waals surface area contributed by atoms with E-state index in [0.717, 1.165) is 43.9 Å². The van der Waals surface area contributed by atoms with Gasteiger partial charge >= 0.3 is 0 Å². The van der Waals surface area contributed by atoms with Crippen LogP contribution >= 0.6 is 11.3 Å². The SMILES string of the molecule is O=C([C@@H]1C[C@H]2CCN(c3nncs3)C[C@@H]2O1)N1CCCCO1. The van der Waals surface area contributed by atoms with E-state index in [2.05, 4.69) is 15.1 Å². The van der Waals surface area contributed by atoms with Crippen molar-refractivity contribution in [2.24, 2.45) is 5.92 Å². The third-order valence-corrected chi connectivity index (χ3v) is 5.45. The summed E-state index contributed by atoms with van der Waals surface area (Å²) < 4.78 is 6.05. The maximum Gasteiger partial charge on any atom is 0.275 e. The average molecular weight is 324 g/mol. The van der Waals surface area contributed by atoms with Crippen molar-refractivity contribution in [1.29, 1.82) is 0 Å². The van der Waals surface area contributed by atoms with Crippen molar-refractivity contribution in [2.45, 2.75) is 37.9 Å². The van der Waals surface area contributed by atoms with E-state index in [-0.39, 0.29) is 18.1 Å². The largest absolute Gasteiger partial charge is 0.363 e. The van der Waals surface area contributed by atoms with Crippen LogP contribution in [-0.2, 0) is 14.4 Å². The van der Waals surface area contributed by atoms with Crippen LogP contribution in [0.5, 0.6) is 0 Å². The lowest BCUT2D eigenvalue weighted by Gasteiger charge is -2.33. The first-order valence-electron chi connectivity index (χ1n) is 7.92. The van der Waals surface area contributed by atoms with Crippen LogP contribution in [0, 0.1) is 5.92 Å². The van der Waals surface area contributed by atoms with Gasteiger partial charge in [-0.3, -0.25) is 9.63 Å². The molecule has 1 aromatic heterocycles. The third kappa shape index (κ3) is 2.70. The summed E-state index contributed by atoms with van der Waals surface area (Å²) in [5, 5.41) is 10.5. The van der Waals surface area contributed by atoms with E-state index in [1.165, 1.54) is 5.06 Å². The van der Waals surface area contributed by atoms with E-state index in [1.807, 2.05) is 0 Å². The summed E-state index contributed by atoms with van der Waals surface area (Å²) >= 11 is 1.55. The molecule has 1 aromatic rings. The number of piperidine rings is 1. The van der Waals surface area contributed by atoms with Crippen LogP contribution in [0.2, 0.25) is 0 Å². The van der Waals surface area contributed by atoms with Crippen LogP contribution in [0.15, 0.2) is 5.51 Å². The maximum atomic E-state index is 12.5. The van der Waals surface area contributed by atoms with Gasteiger partial charge in [0.1, 0.15) is 11.6 Å². The molecular weight excluding hydrogens is 304 g/mol. The van der Waals surface area contributed by atoms with Gasteiger partial charge in [-0.25, -0.2) is 5.06 Å². The van der Waals surface area contributed by atoms with Gasteiger partial charge < -0.3 is 9.64 Å². The molecule has 3 saturated heterocycles. The Kier molecular flexibility index (Phi) is 3.98. The average Bonchev–Trinajstić information content (AvgIpc) is 3.23. The van der Waals surface area contributed by atoms with E-state index in [0.29, 0.717) is 19.1 Å². The summed E-state index contributed by atoms with van der Waals surface area (Å²) in [7, 11) is 0. The van der Waals surface area contributed by atoms with Gasteiger partial charge in [0, 0.05) is 19.6 Å². The molecule has 4 rings (SSSR count). The summed E-state index contributed by atoms with van der Waals surface area (Å²) in [5.41, 5.74) is 1.75. The van der Waals surface area contributed by atoms with Crippen molar-refractivity contribution in [3.8, 4) is 0 Å². The highest BCUT2D eigenvalue weighted by molar-refractivity contribution is 7.13. The summed E-state index contributed by atoms with van der Waals surface area (Å²) in [6.07, 6.45) is 3.65. The molecule has 0 N–H and O–H groups in total. The van der Waals surface area contributed by atoms with Crippen LogP contribution in [0.4, 0.5) is 5.13 Å². The molecule has 3 aliphatic heterocycles. The predicted octanol–water partition coefficient (Wildman–Crippen LogP) is 1.08. The highest BCUT2D eigenvalue weighted by Gasteiger charge is 2.43. The van der Waals surface area contributed by atoms with E-state index >= 15 is 0 Å². The second-order valence-corrected chi connectivity index (χ2v) is 6.91. The number of carbonyl (C=O) groups is 1. The smallest absolute Gasteiger partial charge is 0.275 e. The zero-order valence-corrected chi connectivity index (χ0v) is 13.2. The maximum absolute atomic E-state index is 12.5. The minimum Gasteiger partial charge on any atom is -0.363 e. The number of aromatic nitrogens is 2. The molecule has 4 heterocycles. The minimum absolute atomic E-state index is 0.00318. The van der Waals surface area contributed by atoms with Crippen LogP contribution in [-0.4, -0.2) is 59.6 Å². The molecule has 0 spiro atoms. The lowest BCUT2D eigenvalue weighted by Crippen LogP contribution is -2.43. The number of carbonyl (C=O) groups excluding carboxylic acids is 1. The molecule has 120 valence electrons. The van der Waals surface area contributed by atoms with Gasteiger partial charge in [0.2, 0.25) is 5.13 Å². The number of rotatable bonds is 2. The van der Waals surface area contributed by atoms with Crippen molar-refractivity contribution in [3.63, 3.8) is 0 Å². The predicted molar refractivity (Wildman–Crippen MR) is 80.4 cm³/mol. The lowest BCUT2D eigenvalue weighted by molar-refractivity contribution is -0.206. The van der Waals surface area contributed by atoms with Gasteiger partial charge in [-0.2, -0.15) is 0 Å². The topological polar surface area (TPSA) is 67.8 Å². The molecule has 0 aliphatic carbocycles. The number of hydrogen-bond acceptors (Lipinski definition) is 7. The molecule has 3 aliphatic rings. The fourth-order valence-corrected chi connectivity index (χ4v) is 4.10. The van der Waals surface area contributed by atoms with E-state index in [1.54, 1.807) is 16.8 Å². The Balaban J connectivity index is 1.38. The van der Waals surface area contributed by atoms with Crippen molar-refractivity contribution < 1.29 is 14.4 Å². The molecule has 1 amide bonds. The van der Waals surface area contributed by atoms with Gasteiger partial charge in [-0.1, -0.05) is 11.3 Å². The minimum atomic E-state index is -0.345. The van der Waals surface area contributed by atoms with Crippen molar-refractivity contribution in [1.82, 2.24) is 15.3 Å². The van der Waals surface area contributed by atoms with Crippen molar-refractivity contribution in [3.05, 3.63) is 5.51 Å². The number of hydroxylamine groups is 2. The Morgan fingerprint density at radius 3 is 3.09 bits per heavy atom. The van der Waals surface area contributed by atoms with E-state index < -0.39 is 0 Å². The Bertz CT molecular complexity index is 520. The van der Waals surface area contributed by atoms with Crippen LogP contribution in [0.1, 0.15) is 25.7 Å². The number of ether oxygens (including phenoxy) is 1. The number of fused-ring (bicyclic) bond motifs is 1. The molecule has 3 fully saturated rings. The Labute approximate surface area is 133 Å². The summed E-state index contributed by atoms with van der Waals surface area (Å²) in [5.74, 6) is 0.458. The molecular formula is C14H20N4O3S. The summed E-state index contributed by atoms with van der Waals surface area (Å²) in [6, 6.07) is 0. The summed E-state index contributed by atoms with van der Waals surface area (Å²) in [4.78, 5) is 20.2. The molecule has 0 radical (unpaired) electrons. The molecule has 3 atom stereocenters. The highest BCUT2D eigenvalue weighted by atomic mass is 32.1. The molecule has 0 bridgehead atoms. The number of amides is 1. The zero-order chi connectivity index (χ0) is 14.9. The Morgan fingerprint density at radius 1 is 1.36 bits per heavy atom. The molecule has 8 heteroatoms. The molecule has 7 nitrogen and oxygen atoms in total. The molecule has 0 unspecified atom stereocenters. The van der Waals surface area contributed by atoms with Crippen molar-refractivity contribution >= 4 is 22.4 Å². The normalized spacial score (nSPS) is 32.1. The van der Waals surface area contributed by atoms with Gasteiger partial charge in [0.25, 0.3) is 5.91 Å². The van der Waals surface area contributed by atoms with Gasteiger partial charge in [-0.05, 0) is 31.6 Å². The quantitative estimate of drug-likeness (QED) is 0.811. The Morgan fingerprint density at radius 2 is 2.32 bits per heavy atom. The molecule has 0 aromatic carbocycles. The first kappa shape index (κ1) is 14.3. The molecule has 22 heavy (non-hydrogen) atoms. The Hall–Kier alpha value is -1.25. The van der Waals surface area contributed by atoms with Gasteiger partial charge in [0.05, 0.1) is 12.7 Å². The van der Waals surface area contributed by atoms with Crippen LogP contribution in [0.3, 0.4) is 0 Å².